The molecule has 1 aromatic carbocycles. The number of nitrogens with zero attached hydrogens (tertiary/aromatic N) is 2. The van der Waals surface area contributed by atoms with Gasteiger partial charge in [0.1, 0.15) is 5.03 Å². The minimum atomic E-state index is -0.0551. The zero-order chi connectivity index (χ0) is 18.1. The molecule has 4 nitrogen and oxygen atoms in total. The highest BCUT2D eigenvalue weighted by Crippen LogP contribution is 2.27. The lowest BCUT2D eigenvalue weighted by molar-refractivity contribution is -0.113. The van der Waals surface area contributed by atoms with Crippen molar-refractivity contribution in [1.82, 2.24) is 9.97 Å². The lowest BCUT2D eigenvalue weighted by Crippen LogP contribution is -2.14. The Hall–Kier alpha value is -1.92. The maximum atomic E-state index is 12.2. The van der Waals surface area contributed by atoms with Gasteiger partial charge in [-0.05, 0) is 63.4 Å². The van der Waals surface area contributed by atoms with E-state index in [-0.39, 0.29) is 5.91 Å². The summed E-state index contributed by atoms with van der Waals surface area (Å²) < 4.78 is 0. The minimum Gasteiger partial charge on any atom is -0.301 e. The van der Waals surface area contributed by atoms with Crippen molar-refractivity contribution in [3.05, 3.63) is 45.5 Å². The number of nitrogens with one attached hydrogen (secondary N) is 1. The Bertz CT molecular complexity index is 943. The second kappa shape index (κ2) is 7.14. The normalized spacial score (nSPS) is 11.1. The van der Waals surface area contributed by atoms with Crippen LogP contribution >= 0.6 is 23.1 Å². The molecule has 0 saturated carbocycles. The number of amides is 1. The molecule has 0 aliphatic heterocycles. The quantitative estimate of drug-likeness (QED) is 0.658. The molecule has 0 aliphatic carbocycles. The van der Waals surface area contributed by atoms with Gasteiger partial charge < -0.3 is 5.32 Å². The van der Waals surface area contributed by atoms with E-state index in [0.717, 1.165) is 26.7 Å². The maximum absolute atomic E-state index is 12.2. The number of aromatic nitrogens is 2. The third-order valence-electron chi connectivity index (χ3n) is 4.04. The van der Waals surface area contributed by atoms with Gasteiger partial charge in [-0.2, -0.15) is 0 Å². The van der Waals surface area contributed by atoms with Crippen molar-refractivity contribution < 1.29 is 4.79 Å². The zero-order valence-electron chi connectivity index (χ0n) is 15.1. The minimum absolute atomic E-state index is 0.0551. The number of fused-ring (bicyclic) bond motifs is 1. The first kappa shape index (κ1) is 17.9. The van der Waals surface area contributed by atoms with Gasteiger partial charge in [-0.3, -0.25) is 4.79 Å². The van der Waals surface area contributed by atoms with Crippen LogP contribution in [0.1, 0.15) is 27.3 Å². The standard InChI is InChI=1S/C19H21N3OS2/c1-10-6-11(2)15-8-12(3)18(21-16(15)7-10)24-9-17(23)22-19-20-13(4)14(5)25-19/h6-8H,9H2,1-5H3,(H,20,22,23). The molecule has 1 N–H and O–H groups in total. The van der Waals surface area contributed by atoms with Crippen LogP contribution in [-0.2, 0) is 4.79 Å². The van der Waals surface area contributed by atoms with E-state index in [4.69, 9.17) is 4.98 Å². The molecule has 0 radical (unpaired) electrons. The van der Waals surface area contributed by atoms with Crippen LogP contribution in [0.25, 0.3) is 10.9 Å². The van der Waals surface area contributed by atoms with Gasteiger partial charge in [0.25, 0.3) is 0 Å². The molecule has 3 rings (SSSR count). The summed E-state index contributed by atoms with van der Waals surface area (Å²) in [5.41, 5.74) is 5.47. The van der Waals surface area contributed by atoms with E-state index >= 15 is 0 Å². The fourth-order valence-electron chi connectivity index (χ4n) is 2.67. The zero-order valence-corrected chi connectivity index (χ0v) is 16.7. The average molecular weight is 372 g/mol. The molecule has 3 aromatic rings. The van der Waals surface area contributed by atoms with Crippen molar-refractivity contribution in [3.63, 3.8) is 0 Å². The van der Waals surface area contributed by atoms with Gasteiger partial charge in [-0.15, -0.1) is 11.3 Å². The third-order valence-corrected chi connectivity index (χ3v) is 6.13. The first-order chi connectivity index (χ1) is 11.8. The molecule has 0 unspecified atom stereocenters. The summed E-state index contributed by atoms with van der Waals surface area (Å²) in [6.45, 7) is 10.2. The molecule has 0 aliphatic rings. The molecule has 0 fully saturated rings. The number of hydrogen-bond acceptors (Lipinski definition) is 5. The number of carbonyl (C=O) groups excluding carboxylic acids is 1. The van der Waals surface area contributed by atoms with Gasteiger partial charge in [0.05, 0.1) is 17.0 Å². The molecule has 25 heavy (non-hydrogen) atoms. The summed E-state index contributed by atoms with van der Waals surface area (Å²) in [4.78, 5) is 22.4. The molecule has 0 spiro atoms. The summed E-state index contributed by atoms with van der Waals surface area (Å²) in [5, 5.41) is 5.60. The second-order valence-electron chi connectivity index (χ2n) is 6.26. The third kappa shape index (κ3) is 4.02. The number of thioether (sulfide) groups is 1. The Kier molecular flexibility index (Phi) is 5.11. The molecule has 6 heteroatoms. The number of thiazole rings is 1. The van der Waals surface area contributed by atoms with E-state index in [1.54, 1.807) is 0 Å². The fourth-order valence-corrected chi connectivity index (χ4v) is 4.29. The monoisotopic (exact) mass is 371 g/mol. The van der Waals surface area contributed by atoms with E-state index in [2.05, 4.69) is 42.3 Å². The van der Waals surface area contributed by atoms with Crippen molar-refractivity contribution in [2.75, 3.05) is 11.1 Å². The molecule has 0 bridgehead atoms. The van der Waals surface area contributed by atoms with Gasteiger partial charge in [0.15, 0.2) is 5.13 Å². The number of hydrogen-bond donors (Lipinski definition) is 1. The van der Waals surface area contributed by atoms with Crippen LogP contribution < -0.4 is 5.32 Å². The highest BCUT2D eigenvalue weighted by atomic mass is 32.2. The molecular weight excluding hydrogens is 350 g/mol. The second-order valence-corrected chi connectivity index (χ2v) is 8.42. The highest BCUT2D eigenvalue weighted by Gasteiger charge is 2.11. The SMILES string of the molecule is Cc1cc(C)c2cc(C)c(SCC(=O)Nc3nc(C)c(C)s3)nc2c1. The van der Waals surface area contributed by atoms with Crippen LogP contribution in [0, 0.1) is 34.6 Å². The highest BCUT2D eigenvalue weighted by molar-refractivity contribution is 8.00. The predicted octanol–water partition coefficient (Wildman–Crippen LogP) is 4.96. The average Bonchev–Trinajstić information content (AvgIpc) is 2.84. The largest absolute Gasteiger partial charge is 0.301 e. The summed E-state index contributed by atoms with van der Waals surface area (Å²) in [5.74, 6) is 0.266. The Balaban J connectivity index is 1.74. The molecule has 2 heterocycles. The number of pyridine rings is 1. The fraction of sp³-hybridized carbons (Fsp3) is 0.316. The lowest BCUT2D eigenvalue weighted by atomic mass is 10.1. The van der Waals surface area contributed by atoms with Crippen LogP contribution in [0.2, 0.25) is 0 Å². The van der Waals surface area contributed by atoms with Crippen LogP contribution in [0.5, 0.6) is 0 Å². The van der Waals surface area contributed by atoms with E-state index in [1.165, 1.54) is 39.6 Å². The molecule has 0 atom stereocenters. The number of anilines is 1. The summed E-state index contributed by atoms with van der Waals surface area (Å²) in [7, 11) is 0. The van der Waals surface area contributed by atoms with E-state index in [9.17, 15) is 4.79 Å². The first-order valence-electron chi connectivity index (χ1n) is 8.09. The van der Waals surface area contributed by atoms with Gasteiger partial charge in [-0.25, -0.2) is 9.97 Å². The van der Waals surface area contributed by atoms with Crippen molar-refractivity contribution in [2.24, 2.45) is 0 Å². The number of aryl methyl sites for hydroxylation is 5. The van der Waals surface area contributed by atoms with Gasteiger partial charge >= 0.3 is 0 Å². The summed E-state index contributed by atoms with van der Waals surface area (Å²) in [6.07, 6.45) is 0. The van der Waals surface area contributed by atoms with Crippen molar-refractivity contribution in [3.8, 4) is 0 Å². The Morgan fingerprint density at radius 1 is 1.08 bits per heavy atom. The van der Waals surface area contributed by atoms with Gasteiger partial charge in [0.2, 0.25) is 5.91 Å². The maximum Gasteiger partial charge on any atom is 0.236 e. The van der Waals surface area contributed by atoms with Crippen LogP contribution in [0.15, 0.2) is 23.2 Å². The van der Waals surface area contributed by atoms with Crippen molar-refractivity contribution in [2.45, 2.75) is 39.6 Å². The number of benzene rings is 1. The first-order valence-corrected chi connectivity index (χ1v) is 9.89. The van der Waals surface area contributed by atoms with Gasteiger partial charge in [-0.1, -0.05) is 17.8 Å². The van der Waals surface area contributed by atoms with Crippen molar-refractivity contribution >= 4 is 45.0 Å². The van der Waals surface area contributed by atoms with Crippen LogP contribution in [0.4, 0.5) is 5.13 Å². The molecule has 0 saturated heterocycles. The predicted molar refractivity (Wildman–Crippen MR) is 107 cm³/mol. The molecule has 130 valence electrons. The topological polar surface area (TPSA) is 54.9 Å². The lowest BCUT2D eigenvalue weighted by Gasteiger charge is -2.09. The summed E-state index contributed by atoms with van der Waals surface area (Å²) in [6, 6.07) is 6.42. The summed E-state index contributed by atoms with van der Waals surface area (Å²) >= 11 is 2.97. The molecule has 1 amide bonds. The Labute approximate surface area is 156 Å². The number of carbonyl (C=O) groups is 1. The van der Waals surface area contributed by atoms with E-state index < -0.39 is 0 Å². The smallest absolute Gasteiger partial charge is 0.236 e. The molecule has 2 aromatic heterocycles. The Morgan fingerprint density at radius 3 is 2.52 bits per heavy atom. The Morgan fingerprint density at radius 2 is 1.84 bits per heavy atom. The van der Waals surface area contributed by atoms with Crippen LogP contribution in [0.3, 0.4) is 0 Å². The van der Waals surface area contributed by atoms with E-state index in [0.29, 0.717) is 10.9 Å². The van der Waals surface area contributed by atoms with E-state index in [1.807, 2.05) is 20.8 Å². The number of rotatable bonds is 4. The van der Waals surface area contributed by atoms with Crippen LogP contribution in [-0.4, -0.2) is 21.6 Å². The van der Waals surface area contributed by atoms with Crippen molar-refractivity contribution in [1.29, 1.82) is 0 Å². The van der Waals surface area contributed by atoms with Gasteiger partial charge in [0, 0.05) is 10.3 Å². The molecular formula is C19H21N3OS2.